The van der Waals surface area contributed by atoms with E-state index in [1.807, 2.05) is 31.2 Å². The summed E-state index contributed by atoms with van der Waals surface area (Å²) in [5, 5.41) is 13.2. The van der Waals surface area contributed by atoms with Gasteiger partial charge in [0.05, 0.1) is 39.9 Å². The van der Waals surface area contributed by atoms with Crippen molar-refractivity contribution < 1.29 is 23.7 Å². The van der Waals surface area contributed by atoms with E-state index in [1.165, 1.54) is 0 Å². The van der Waals surface area contributed by atoms with Crippen molar-refractivity contribution in [1.82, 2.24) is 10.2 Å². The molecule has 0 aliphatic heterocycles. The molecular weight excluding hydrogens is 482 g/mol. The van der Waals surface area contributed by atoms with Crippen LogP contribution in [0, 0.1) is 17.2 Å². The van der Waals surface area contributed by atoms with Gasteiger partial charge < -0.3 is 29.2 Å². The average Bonchev–Trinajstić information content (AvgIpc) is 2.93. The number of hydrogen-bond acceptors (Lipinski definition) is 7. The molecule has 0 aromatic heterocycles. The van der Waals surface area contributed by atoms with Crippen LogP contribution in [0.1, 0.15) is 55.1 Å². The van der Waals surface area contributed by atoms with Gasteiger partial charge in [-0.05, 0) is 81.1 Å². The van der Waals surface area contributed by atoms with Gasteiger partial charge in [0.15, 0.2) is 23.0 Å². The van der Waals surface area contributed by atoms with Gasteiger partial charge in [0.2, 0.25) is 0 Å². The second-order valence-electron chi connectivity index (χ2n) is 9.69. The Balaban J connectivity index is 2.14. The van der Waals surface area contributed by atoms with E-state index in [0.29, 0.717) is 47.9 Å². The molecule has 208 valence electrons. The monoisotopic (exact) mass is 525 g/mol. The van der Waals surface area contributed by atoms with Gasteiger partial charge in [-0.2, -0.15) is 5.26 Å². The number of hydrogen-bond donors (Lipinski definition) is 1. The van der Waals surface area contributed by atoms with Gasteiger partial charge in [-0.15, -0.1) is 0 Å². The molecule has 0 saturated carbocycles. The highest BCUT2D eigenvalue weighted by molar-refractivity contribution is 5.96. The summed E-state index contributed by atoms with van der Waals surface area (Å²) in [5.74, 6) is 2.39. The van der Waals surface area contributed by atoms with Crippen LogP contribution in [0.2, 0.25) is 0 Å². The Hall–Kier alpha value is -3.44. The molecule has 8 nitrogen and oxygen atoms in total. The molecule has 2 rings (SSSR count). The molecule has 1 amide bonds. The lowest BCUT2D eigenvalue weighted by molar-refractivity contribution is 0.0954. The van der Waals surface area contributed by atoms with Gasteiger partial charge in [-0.1, -0.05) is 19.9 Å². The second-order valence-corrected chi connectivity index (χ2v) is 9.69. The van der Waals surface area contributed by atoms with Crippen LogP contribution in [0.4, 0.5) is 0 Å². The fraction of sp³-hybridized carbons (Fsp3) is 0.533. The Morgan fingerprint density at radius 1 is 0.974 bits per heavy atom. The van der Waals surface area contributed by atoms with E-state index in [4.69, 9.17) is 18.9 Å². The zero-order chi connectivity index (χ0) is 28.3. The SMILES string of the molecule is CCNC(=O)c1cc(OC)c(OC)cc1CCN(C)CCCC(C#N)(c1ccc(OC)c(OC)c1)C(C)C. The van der Waals surface area contributed by atoms with Gasteiger partial charge >= 0.3 is 0 Å². The Bertz CT molecular complexity index is 1110. The maximum absolute atomic E-state index is 12.7. The Morgan fingerprint density at radius 2 is 1.58 bits per heavy atom. The number of methoxy groups -OCH3 is 4. The van der Waals surface area contributed by atoms with Crippen molar-refractivity contribution in [3.8, 4) is 29.1 Å². The molecular formula is C30H43N3O5. The van der Waals surface area contributed by atoms with Gasteiger partial charge in [0.1, 0.15) is 0 Å². The Kier molecular flexibility index (Phi) is 11.7. The minimum Gasteiger partial charge on any atom is -0.493 e. The van der Waals surface area contributed by atoms with Crippen LogP contribution >= 0.6 is 0 Å². The Labute approximate surface area is 227 Å². The minimum absolute atomic E-state index is 0.113. The normalized spacial score (nSPS) is 12.6. The number of nitriles is 1. The molecule has 0 fully saturated rings. The first kappa shape index (κ1) is 30.8. The molecule has 1 N–H and O–H groups in total. The van der Waals surface area contributed by atoms with Crippen LogP contribution in [-0.4, -0.2) is 65.9 Å². The molecule has 0 spiro atoms. The summed E-state index contributed by atoms with van der Waals surface area (Å²) in [7, 11) is 8.43. The fourth-order valence-corrected chi connectivity index (χ4v) is 4.78. The van der Waals surface area contributed by atoms with Crippen molar-refractivity contribution in [2.24, 2.45) is 5.92 Å². The summed E-state index contributed by atoms with van der Waals surface area (Å²) in [4.78, 5) is 14.9. The number of ether oxygens (including phenoxy) is 4. The summed E-state index contributed by atoms with van der Waals surface area (Å²) in [6.45, 7) is 8.18. The first-order chi connectivity index (χ1) is 18.2. The third kappa shape index (κ3) is 7.11. The minimum atomic E-state index is -0.644. The summed E-state index contributed by atoms with van der Waals surface area (Å²) in [6, 6.07) is 12.0. The van der Waals surface area contributed by atoms with E-state index >= 15 is 0 Å². The molecule has 0 aliphatic carbocycles. The van der Waals surface area contributed by atoms with E-state index in [2.05, 4.69) is 37.2 Å². The molecule has 0 bridgehead atoms. The largest absolute Gasteiger partial charge is 0.493 e. The molecule has 0 aliphatic rings. The van der Waals surface area contributed by atoms with Gasteiger partial charge in [0, 0.05) is 18.7 Å². The summed E-state index contributed by atoms with van der Waals surface area (Å²) in [6.07, 6.45) is 2.22. The first-order valence-corrected chi connectivity index (χ1v) is 13.1. The summed E-state index contributed by atoms with van der Waals surface area (Å²) < 4.78 is 21.8. The van der Waals surface area contributed by atoms with Gasteiger partial charge in [-0.3, -0.25) is 4.79 Å². The number of amides is 1. The van der Waals surface area contributed by atoms with Crippen molar-refractivity contribution in [3.05, 3.63) is 47.0 Å². The molecule has 1 atom stereocenters. The highest BCUT2D eigenvalue weighted by Crippen LogP contribution is 2.40. The highest BCUT2D eigenvalue weighted by atomic mass is 16.5. The van der Waals surface area contributed by atoms with Crippen LogP contribution < -0.4 is 24.3 Å². The van der Waals surface area contributed by atoms with Gasteiger partial charge in [0.25, 0.3) is 5.91 Å². The molecule has 38 heavy (non-hydrogen) atoms. The number of carbonyl (C=O) groups excluding carboxylic acids is 1. The van der Waals surface area contributed by atoms with Crippen molar-refractivity contribution >= 4 is 5.91 Å². The average molecular weight is 526 g/mol. The molecule has 0 radical (unpaired) electrons. The van der Waals surface area contributed by atoms with Crippen molar-refractivity contribution in [1.29, 1.82) is 5.26 Å². The van der Waals surface area contributed by atoms with E-state index in [9.17, 15) is 10.1 Å². The zero-order valence-corrected chi connectivity index (χ0v) is 24.1. The molecule has 2 aromatic rings. The van der Waals surface area contributed by atoms with Crippen LogP contribution in [-0.2, 0) is 11.8 Å². The molecule has 1 unspecified atom stereocenters. The molecule has 0 heterocycles. The molecule has 0 saturated heterocycles. The smallest absolute Gasteiger partial charge is 0.251 e. The van der Waals surface area contributed by atoms with E-state index in [-0.39, 0.29) is 11.8 Å². The number of nitrogens with one attached hydrogen (secondary N) is 1. The van der Waals surface area contributed by atoms with Crippen molar-refractivity contribution in [2.45, 2.75) is 45.4 Å². The van der Waals surface area contributed by atoms with E-state index in [1.54, 1.807) is 34.5 Å². The third-order valence-corrected chi connectivity index (χ3v) is 7.15. The summed E-state index contributed by atoms with van der Waals surface area (Å²) >= 11 is 0. The lowest BCUT2D eigenvalue weighted by atomic mass is 9.69. The van der Waals surface area contributed by atoms with Crippen molar-refractivity contribution in [2.75, 3.05) is 55.1 Å². The first-order valence-electron chi connectivity index (χ1n) is 13.1. The Morgan fingerprint density at radius 3 is 2.13 bits per heavy atom. The van der Waals surface area contributed by atoms with Crippen LogP contribution in [0.5, 0.6) is 23.0 Å². The predicted octanol–water partition coefficient (Wildman–Crippen LogP) is 4.84. The topological polar surface area (TPSA) is 93.1 Å². The lowest BCUT2D eigenvalue weighted by Gasteiger charge is -2.32. The number of benzene rings is 2. The fourth-order valence-electron chi connectivity index (χ4n) is 4.78. The van der Waals surface area contributed by atoms with Crippen molar-refractivity contribution in [3.63, 3.8) is 0 Å². The second kappa shape index (κ2) is 14.5. The van der Waals surface area contributed by atoms with E-state index in [0.717, 1.165) is 30.6 Å². The van der Waals surface area contributed by atoms with Crippen LogP contribution in [0.3, 0.4) is 0 Å². The standard InChI is InChI=1S/C30H43N3O5/c1-9-32-29(34)24-19-28(38-8)26(36-6)17-22(24)13-16-33(4)15-10-14-30(20-31,21(2)3)23-11-12-25(35-5)27(18-23)37-7/h11-12,17-19,21H,9-10,13-16H2,1-8H3,(H,32,34). The highest BCUT2D eigenvalue weighted by Gasteiger charge is 2.36. The quantitative estimate of drug-likeness (QED) is 0.356. The molecule has 8 heteroatoms. The van der Waals surface area contributed by atoms with Crippen LogP contribution in [0.15, 0.2) is 30.3 Å². The van der Waals surface area contributed by atoms with E-state index < -0.39 is 5.41 Å². The van der Waals surface area contributed by atoms with Crippen LogP contribution in [0.25, 0.3) is 0 Å². The summed E-state index contributed by atoms with van der Waals surface area (Å²) in [5.41, 5.74) is 1.79. The number of rotatable bonds is 15. The number of likely N-dealkylation sites (N-methyl/N-ethyl adjacent to an activating group) is 1. The zero-order valence-electron chi connectivity index (χ0n) is 24.1. The van der Waals surface area contributed by atoms with Gasteiger partial charge in [-0.25, -0.2) is 0 Å². The number of nitrogens with zero attached hydrogens (tertiary/aromatic N) is 2. The maximum atomic E-state index is 12.7. The molecule has 2 aromatic carbocycles. The lowest BCUT2D eigenvalue weighted by Crippen LogP contribution is -2.32. The maximum Gasteiger partial charge on any atom is 0.251 e. The third-order valence-electron chi connectivity index (χ3n) is 7.15. The number of carbonyl (C=O) groups is 1. The predicted molar refractivity (Wildman–Crippen MR) is 150 cm³/mol.